The lowest BCUT2D eigenvalue weighted by atomic mass is 10.0. The number of anilines is 1. The van der Waals surface area contributed by atoms with Gasteiger partial charge in [-0.1, -0.05) is 37.6 Å². The second-order valence-corrected chi connectivity index (χ2v) is 11.4. The Bertz CT molecular complexity index is 1050. The molecule has 1 unspecified atom stereocenters. The van der Waals surface area contributed by atoms with Crippen molar-refractivity contribution in [3.63, 3.8) is 0 Å². The van der Waals surface area contributed by atoms with Crippen LogP contribution in [0.4, 0.5) is 10.5 Å². The summed E-state index contributed by atoms with van der Waals surface area (Å²) in [5.41, 5.74) is 2.30. The molecule has 38 heavy (non-hydrogen) atoms. The van der Waals surface area contributed by atoms with Crippen molar-refractivity contribution < 1.29 is 32.7 Å². The van der Waals surface area contributed by atoms with Crippen molar-refractivity contribution in [1.82, 2.24) is 10.6 Å². The maximum atomic E-state index is 13.1. The molecule has 12 heteroatoms. The second kappa shape index (κ2) is 16.6. The third-order valence-corrected chi connectivity index (χ3v) is 7.17. The smallest absolute Gasteiger partial charge is 0.407 e. The predicted octanol–water partition coefficient (Wildman–Crippen LogP) is 4.51. The fourth-order valence-electron chi connectivity index (χ4n) is 3.11. The zero-order chi connectivity index (χ0) is 28.7. The number of nitrogens with one attached hydrogen (secondary N) is 3. The summed E-state index contributed by atoms with van der Waals surface area (Å²) in [6, 6.07) is 6.96. The molecule has 0 saturated heterocycles. The number of nitriles is 1. The Morgan fingerprint density at radius 1 is 1.05 bits per heavy atom. The molecule has 0 aliphatic heterocycles. The van der Waals surface area contributed by atoms with Gasteiger partial charge in [0.1, 0.15) is 12.1 Å². The van der Waals surface area contributed by atoms with Gasteiger partial charge in [-0.25, -0.2) is 4.79 Å². The summed E-state index contributed by atoms with van der Waals surface area (Å²) < 4.78 is 28.7. The van der Waals surface area contributed by atoms with E-state index in [4.69, 9.17) is 14.3 Å². The summed E-state index contributed by atoms with van der Waals surface area (Å²) in [4.78, 5) is 36.7. The molecule has 3 amide bonds. The second-order valence-electron chi connectivity index (χ2n) is 9.19. The molecule has 0 bridgehead atoms. The number of methoxy groups -OCH3 is 1. The topological polar surface area (TPSA) is 156 Å². The summed E-state index contributed by atoms with van der Waals surface area (Å²) in [5.74, 6) is -1.18. The van der Waals surface area contributed by atoms with Gasteiger partial charge >= 0.3 is 13.7 Å². The zero-order valence-corrected chi connectivity index (χ0v) is 23.8. The molecule has 0 aromatic heterocycles. The molecule has 0 fully saturated rings. The monoisotopic (exact) mass is 550 g/mol. The third-order valence-electron chi connectivity index (χ3n) is 5.27. The van der Waals surface area contributed by atoms with Crippen LogP contribution in [0.15, 0.2) is 35.9 Å². The van der Waals surface area contributed by atoms with Crippen molar-refractivity contribution in [3.05, 3.63) is 41.5 Å². The van der Waals surface area contributed by atoms with E-state index in [0.717, 1.165) is 5.57 Å². The minimum absolute atomic E-state index is 0.0267. The largest absolute Gasteiger partial charge is 0.453 e. The van der Waals surface area contributed by atoms with Crippen LogP contribution in [0.25, 0.3) is 0 Å². The highest BCUT2D eigenvalue weighted by atomic mass is 31.2. The number of rotatable bonds is 15. The van der Waals surface area contributed by atoms with Gasteiger partial charge in [0, 0.05) is 5.69 Å². The van der Waals surface area contributed by atoms with E-state index in [9.17, 15) is 18.9 Å². The van der Waals surface area contributed by atoms with Crippen LogP contribution in [0.5, 0.6) is 0 Å². The number of benzene rings is 1. The Labute approximate surface area is 224 Å². The molecule has 0 aliphatic rings. The number of carbonyl (C=O) groups excluding carboxylic acids is 3. The van der Waals surface area contributed by atoms with Gasteiger partial charge in [-0.3, -0.25) is 14.2 Å². The molecule has 1 aromatic rings. The summed E-state index contributed by atoms with van der Waals surface area (Å²) in [6.07, 6.45) is 2.06. The number of hydrogen-bond donors (Lipinski definition) is 3. The fourth-order valence-corrected chi connectivity index (χ4v) is 4.60. The Morgan fingerprint density at radius 2 is 1.71 bits per heavy atom. The number of amides is 3. The minimum atomic E-state index is -3.40. The molecule has 1 aromatic carbocycles. The van der Waals surface area contributed by atoms with Crippen LogP contribution in [0, 0.1) is 17.2 Å². The summed E-state index contributed by atoms with van der Waals surface area (Å²) in [6.45, 7) is 9.00. The first-order chi connectivity index (χ1) is 17.9. The molecule has 0 radical (unpaired) electrons. The van der Waals surface area contributed by atoms with E-state index in [-0.39, 0.29) is 31.7 Å². The van der Waals surface area contributed by atoms with E-state index in [2.05, 4.69) is 20.7 Å². The van der Waals surface area contributed by atoms with Gasteiger partial charge in [0.15, 0.2) is 0 Å². The highest BCUT2D eigenvalue weighted by molar-refractivity contribution is 7.53. The lowest BCUT2D eigenvalue weighted by Crippen LogP contribution is -2.53. The fraction of sp³-hybridized carbons (Fsp3) is 0.538. The molecule has 0 heterocycles. The van der Waals surface area contributed by atoms with Crippen LogP contribution < -0.4 is 16.0 Å². The Balaban J connectivity index is 2.71. The summed E-state index contributed by atoms with van der Waals surface area (Å²) >= 11 is 0. The molecular weight excluding hydrogens is 511 g/mol. The van der Waals surface area contributed by atoms with E-state index < -0.39 is 37.6 Å². The normalized spacial score (nSPS) is 13.8. The van der Waals surface area contributed by atoms with Crippen LogP contribution in [-0.4, -0.2) is 49.9 Å². The van der Waals surface area contributed by atoms with E-state index in [0.29, 0.717) is 17.7 Å². The van der Waals surface area contributed by atoms with Crippen molar-refractivity contribution in [3.8, 4) is 6.07 Å². The molecule has 3 N–H and O–H groups in total. The van der Waals surface area contributed by atoms with E-state index in [1.165, 1.54) is 14.0 Å². The van der Waals surface area contributed by atoms with Gasteiger partial charge in [0.2, 0.25) is 11.8 Å². The van der Waals surface area contributed by atoms with Crippen molar-refractivity contribution in [2.45, 2.75) is 66.2 Å². The van der Waals surface area contributed by atoms with Crippen molar-refractivity contribution in [2.75, 3.05) is 25.2 Å². The number of ether oxygens (including phenoxy) is 1. The SMILES string of the molecule is COC(=O)N[C@H](C(=O)N[C@@H](C)C(=O)Nc1ccc(COP(=O)(CCC=C(C)C)OCCC#N)cc1)C(C)C. The number of nitrogens with zero attached hydrogens (tertiary/aromatic N) is 1. The van der Waals surface area contributed by atoms with Crippen molar-refractivity contribution in [1.29, 1.82) is 5.26 Å². The average molecular weight is 551 g/mol. The first-order valence-electron chi connectivity index (χ1n) is 12.3. The van der Waals surface area contributed by atoms with Crippen molar-refractivity contribution in [2.24, 2.45) is 5.92 Å². The number of carbonyl (C=O) groups is 3. The number of hydrogen-bond acceptors (Lipinski definition) is 8. The maximum absolute atomic E-state index is 13.1. The third kappa shape index (κ3) is 12.4. The van der Waals surface area contributed by atoms with Crippen LogP contribution in [0.1, 0.15) is 53.0 Å². The standard InChI is InChI=1S/C26H39N4O7P/c1-18(2)9-7-16-38(34,36-15-8-14-27)37-17-21-10-12-22(13-11-21)29-24(31)20(5)28-25(32)23(19(3)4)30-26(33)35-6/h9-13,19-20,23H,7-8,15-17H2,1-6H3,(H,28,32)(H,29,31)(H,30,33)/t20-,23-,38?/m0/s1. The predicted molar refractivity (Wildman–Crippen MR) is 144 cm³/mol. The zero-order valence-electron chi connectivity index (χ0n) is 22.9. The lowest BCUT2D eigenvalue weighted by molar-refractivity contribution is -0.128. The molecule has 210 valence electrons. The van der Waals surface area contributed by atoms with E-state index in [1.807, 2.05) is 26.0 Å². The van der Waals surface area contributed by atoms with Gasteiger partial charge in [0.25, 0.3) is 0 Å². The van der Waals surface area contributed by atoms with Gasteiger partial charge in [-0.2, -0.15) is 5.26 Å². The molecule has 11 nitrogen and oxygen atoms in total. The lowest BCUT2D eigenvalue weighted by Gasteiger charge is -2.23. The molecule has 1 rings (SSSR count). The maximum Gasteiger partial charge on any atom is 0.407 e. The van der Waals surface area contributed by atoms with Crippen LogP contribution in [0.2, 0.25) is 0 Å². The molecule has 0 aliphatic carbocycles. The van der Waals surface area contributed by atoms with Gasteiger partial charge in [-0.05, 0) is 50.8 Å². The molecular formula is C26H39N4O7P. The quantitative estimate of drug-likeness (QED) is 0.164. The Kier molecular flexibility index (Phi) is 14.4. The summed E-state index contributed by atoms with van der Waals surface area (Å²) in [7, 11) is -2.20. The highest BCUT2D eigenvalue weighted by Gasteiger charge is 2.27. The first kappa shape index (κ1) is 32.8. The van der Waals surface area contributed by atoms with Gasteiger partial charge in [-0.15, -0.1) is 0 Å². The minimum Gasteiger partial charge on any atom is -0.453 e. The molecule has 0 spiro atoms. The van der Waals surface area contributed by atoms with E-state index >= 15 is 0 Å². The Hall–Kier alpha value is -3.19. The van der Waals surface area contributed by atoms with Gasteiger partial charge < -0.3 is 29.7 Å². The van der Waals surface area contributed by atoms with Gasteiger partial charge in [0.05, 0.1) is 39.0 Å². The number of alkyl carbamates (subject to hydrolysis) is 1. The molecule has 3 atom stereocenters. The van der Waals surface area contributed by atoms with Crippen LogP contribution in [0.3, 0.4) is 0 Å². The first-order valence-corrected chi connectivity index (χ1v) is 14.1. The van der Waals surface area contributed by atoms with Crippen molar-refractivity contribution >= 4 is 31.2 Å². The molecule has 0 saturated carbocycles. The number of allylic oxidation sites excluding steroid dienone is 2. The van der Waals surface area contributed by atoms with Crippen LogP contribution in [-0.2, 0) is 34.5 Å². The Morgan fingerprint density at radius 3 is 2.26 bits per heavy atom. The summed E-state index contributed by atoms with van der Waals surface area (Å²) in [5, 5.41) is 16.5. The van der Waals surface area contributed by atoms with Crippen LogP contribution >= 0.6 is 7.60 Å². The van der Waals surface area contributed by atoms with E-state index in [1.54, 1.807) is 38.1 Å². The highest BCUT2D eigenvalue weighted by Crippen LogP contribution is 2.49. The average Bonchev–Trinajstić information content (AvgIpc) is 2.86.